The van der Waals surface area contributed by atoms with Crippen LogP contribution < -0.4 is 4.74 Å². The van der Waals surface area contributed by atoms with E-state index in [2.05, 4.69) is 0 Å². The Morgan fingerprint density at radius 3 is 2.31 bits per heavy atom. The number of carbonyl (C=O) groups excluding carboxylic acids is 2. The molecule has 1 heterocycles. The van der Waals surface area contributed by atoms with E-state index in [9.17, 15) is 19.8 Å². The van der Waals surface area contributed by atoms with Crippen molar-refractivity contribution in [2.75, 3.05) is 20.3 Å². The lowest BCUT2D eigenvalue weighted by Gasteiger charge is -2.26. The van der Waals surface area contributed by atoms with E-state index in [1.807, 2.05) is 46.8 Å². The van der Waals surface area contributed by atoms with Gasteiger partial charge in [0.1, 0.15) is 17.3 Å². The number of hydrogen-bond acceptors (Lipinski definition) is 6. The predicted molar refractivity (Wildman–Crippen MR) is 135 cm³/mol. The Bertz CT molecular complexity index is 1120. The summed E-state index contributed by atoms with van der Waals surface area (Å²) < 4.78 is 11.1. The summed E-state index contributed by atoms with van der Waals surface area (Å²) in [5, 5.41) is 21.3. The molecule has 3 rings (SSSR count). The van der Waals surface area contributed by atoms with Gasteiger partial charge in [-0.1, -0.05) is 26.0 Å². The first-order valence-corrected chi connectivity index (χ1v) is 11.9. The Balaban J connectivity index is 2.13. The van der Waals surface area contributed by atoms with E-state index in [1.54, 1.807) is 19.2 Å². The number of ketones is 1. The molecule has 1 unspecified atom stereocenters. The number of rotatable bonds is 9. The number of aliphatic hydroxyl groups excluding tert-OH is 1. The standard InChI is InChI=1S/C28H35NO6/c1-16(2)21-15-22(18(5)14-23(21)34-6)26(31)24-25(19-8-10-20(30)11-9-19)29(28(33)27(24)32)12-7-13-35-17(3)4/h8-11,14-17,25,30-31H,7,12-13H2,1-6H3/b26-24+. The van der Waals surface area contributed by atoms with Gasteiger partial charge in [-0.15, -0.1) is 0 Å². The molecular weight excluding hydrogens is 446 g/mol. The molecule has 0 radical (unpaired) electrons. The van der Waals surface area contributed by atoms with Crippen LogP contribution in [0.15, 0.2) is 42.0 Å². The van der Waals surface area contributed by atoms with Crippen molar-refractivity contribution in [3.05, 3.63) is 64.2 Å². The number of methoxy groups -OCH3 is 1. The van der Waals surface area contributed by atoms with Gasteiger partial charge >= 0.3 is 0 Å². The van der Waals surface area contributed by atoms with E-state index >= 15 is 0 Å². The predicted octanol–water partition coefficient (Wildman–Crippen LogP) is 5.07. The van der Waals surface area contributed by atoms with Crippen LogP contribution in [0.1, 0.15) is 68.3 Å². The SMILES string of the molecule is COc1cc(C)c(/C(O)=C2\C(=O)C(=O)N(CCCOC(C)C)C2c2ccc(O)cc2)cc1C(C)C. The van der Waals surface area contributed by atoms with Crippen molar-refractivity contribution in [2.45, 2.75) is 59.1 Å². The van der Waals surface area contributed by atoms with Gasteiger partial charge in [0, 0.05) is 18.7 Å². The molecule has 1 aliphatic rings. The smallest absolute Gasteiger partial charge is 0.295 e. The number of hydrogen-bond donors (Lipinski definition) is 2. The van der Waals surface area contributed by atoms with E-state index in [-0.39, 0.29) is 29.1 Å². The number of carbonyl (C=O) groups is 2. The van der Waals surface area contributed by atoms with E-state index < -0.39 is 17.7 Å². The maximum absolute atomic E-state index is 13.3. The maximum Gasteiger partial charge on any atom is 0.295 e. The van der Waals surface area contributed by atoms with Crippen molar-refractivity contribution in [3.63, 3.8) is 0 Å². The molecule has 7 heteroatoms. The highest BCUT2D eigenvalue weighted by atomic mass is 16.5. The molecule has 1 saturated heterocycles. The molecule has 1 amide bonds. The van der Waals surface area contributed by atoms with Gasteiger partial charge in [-0.25, -0.2) is 0 Å². The second-order valence-corrected chi connectivity index (χ2v) is 9.42. The fourth-order valence-electron chi connectivity index (χ4n) is 4.39. The average Bonchev–Trinajstić information content (AvgIpc) is 3.06. The Kier molecular flexibility index (Phi) is 8.22. The molecule has 188 valence electrons. The van der Waals surface area contributed by atoms with Gasteiger partial charge in [-0.2, -0.15) is 0 Å². The summed E-state index contributed by atoms with van der Waals surface area (Å²) in [4.78, 5) is 27.9. The molecule has 0 aromatic heterocycles. The molecule has 0 aliphatic carbocycles. The molecule has 2 N–H and O–H groups in total. The molecule has 0 bridgehead atoms. The van der Waals surface area contributed by atoms with Crippen LogP contribution in [-0.4, -0.2) is 53.2 Å². The van der Waals surface area contributed by atoms with Crippen LogP contribution in [0.2, 0.25) is 0 Å². The van der Waals surface area contributed by atoms with E-state index in [0.29, 0.717) is 36.4 Å². The van der Waals surface area contributed by atoms with Crippen molar-refractivity contribution < 1.29 is 29.3 Å². The van der Waals surface area contributed by atoms with E-state index in [0.717, 1.165) is 11.1 Å². The summed E-state index contributed by atoms with van der Waals surface area (Å²) in [5.41, 5.74) is 2.77. The summed E-state index contributed by atoms with van der Waals surface area (Å²) in [6.07, 6.45) is 0.602. The topological polar surface area (TPSA) is 96.3 Å². The Morgan fingerprint density at radius 1 is 1.09 bits per heavy atom. The average molecular weight is 482 g/mol. The number of phenolic OH excluding ortho intramolecular Hbond substituents is 1. The number of aromatic hydroxyl groups is 1. The third-order valence-electron chi connectivity index (χ3n) is 6.20. The molecule has 7 nitrogen and oxygen atoms in total. The van der Waals surface area contributed by atoms with Crippen LogP contribution in [-0.2, 0) is 14.3 Å². The van der Waals surface area contributed by atoms with Gasteiger partial charge in [-0.05, 0) is 74.1 Å². The molecule has 1 fully saturated rings. The van der Waals surface area contributed by atoms with Crippen LogP contribution in [0.4, 0.5) is 0 Å². The number of nitrogens with zero attached hydrogens (tertiary/aromatic N) is 1. The van der Waals surface area contributed by atoms with Crippen LogP contribution in [0.25, 0.3) is 5.76 Å². The zero-order chi connectivity index (χ0) is 25.9. The number of aliphatic hydroxyl groups is 1. The second kappa shape index (κ2) is 11.0. The van der Waals surface area contributed by atoms with E-state index in [1.165, 1.54) is 17.0 Å². The van der Waals surface area contributed by atoms with Gasteiger partial charge in [0.25, 0.3) is 11.7 Å². The van der Waals surface area contributed by atoms with Crippen molar-refractivity contribution in [2.24, 2.45) is 0 Å². The molecule has 2 aromatic rings. The molecular formula is C28H35NO6. The van der Waals surface area contributed by atoms with Crippen LogP contribution in [0, 0.1) is 6.92 Å². The van der Waals surface area contributed by atoms with Gasteiger partial charge in [0.05, 0.1) is 24.8 Å². The highest BCUT2D eigenvalue weighted by molar-refractivity contribution is 6.46. The van der Waals surface area contributed by atoms with Crippen molar-refractivity contribution in [3.8, 4) is 11.5 Å². The summed E-state index contributed by atoms with van der Waals surface area (Å²) >= 11 is 0. The Hall–Kier alpha value is -3.32. The second-order valence-electron chi connectivity index (χ2n) is 9.42. The highest BCUT2D eigenvalue weighted by Crippen LogP contribution is 2.41. The Labute approximate surface area is 207 Å². The molecule has 35 heavy (non-hydrogen) atoms. The highest BCUT2D eigenvalue weighted by Gasteiger charge is 2.46. The third-order valence-corrected chi connectivity index (χ3v) is 6.20. The number of ether oxygens (including phenoxy) is 2. The summed E-state index contributed by atoms with van der Waals surface area (Å²) in [5.74, 6) is -0.716. The molecule has 0 saturated carbocycles. The normalized spacial score (nSPS) is 17.6. The third kappa shape index (κ3) is 5.51. The van der Waals surface area contributed by atoms with Crippen LogP contribution in [0.5, 0.6) is 11.5 Å². The Morgan fingerprint density at radius 2 is 1.74 bits per heavy atom. The monoisotopic (exact) mass is 481 g/mol. The number of benzene rings is 2. The first kappa shape index (κ1) is 26.3. The molecule has 1 atom stereocenters. The quantitative estimate of drug-likeness (QED) is 0.225. The number of phenols is 1. The van der Waals surface area contributed by atoms with Crippen LogP contribution >= 0.6 is 0 Å². The lowest BCUT2D eigenvalue weighted by atomic mass is 9.91. The number of aryl methyl sites for hydroxylation is 1. The lowest BCUT2D eigenvalue weighted by Crippen LogP contribution is -2.31. The molecule has 0 spiro atoms. The van der Waals surface area contributed by atoms with Crippen molar-refractivity contribution >= 4 is 17.4 Å². The summed E-state index contributed by atoms with van der Waals surface area (Å²) in [6, 6.07) is 9.22. The fourth-order valence-corrected chi connectivity index (χ4v) is 4.39. The van der Waals surface area contributed by atoms with Crippen LogP contribution in [0.3, 0.4) is 0 Å². The number of Topliss-reactive ketones (excluding diaryl/α,β-unsaturated/α-hetero) is 1. The van der Waals surface area contributed by atoms with Gasteiger partial charge in [0.15, 0.2) is 0 Å². The molecule has 2 aromatic carbocycles. The maximum atomic E-state index is 13.3. The van der Waals surface area contributed by atoms with Gasteiger partial charge in [0.2, 0.25) is 0 Å². The summed E-state index contributed by atoms with van der Waals surface area (Å²) in [6.45, 7) is 10.5. The van der Waals surface area contributed by atoms with E-state index in [4.69, 9.17) is 9.47 Å². The lowest BCUT2D eigenvalue weighted by molar-refractivity contribution is -0.140. The minimum atomic E-state index is -0.779. The van der Waals surface area contributed by atoms with Crippen molar-refractivity contribution in [1.82, 2.24) is 4.90 Å². The largest absolute Gasteiger partial charge is 0.508 e. The van der Waals surface area contributed by atoms with Gasteiger partial charge in [-0.3, -0.25) is 9.59 Å². The molecule has 1 aliphatic heterocycles. The zero-order valence-electron chi connectivity index (χ0n) is 21.3. The zero-order valence-corrected chi connectivity index (χ0v) is 21.3. The minimum Gasteiger partial charge on any atom is -0.508 e. The fraction of sp³-hybridized carbons (Fsp3) is 0.429. The first-order chi connectivity index (χ1) is 16.6. The van der Waals surface area contributed by atoms with Crippen molar-refractivity contribution in [1.29, 1.82) is 0 Å². The van der Waals surface area contributed by atoms with Gasteiger partial charge < -0.3 is 24.6 Å². The number of likely N-dealkylation sites (tertiary alicyclic amines) is 1. The first-order valence-electron chi connectivity index (χ1n) is 11.9. The summed E-state index contributed by atoms with van der Waals surface area (Å²) in [7, 11) is 1.60. The number of amides is 1. The minimum absolute atomic E-state index is 0.0356.